The van der Waals surface area contributed by atoms with Crippen LogP contribution in [0.4, 0.5) is 0 Å². The summed E-state index contributed by atoms with van der Waals surface area (Å²) in [7, 11) is 0. The number of fused-ring (bicyclic) bond motifs is 3. The third kappa shape index (κ3) is 3.87. The molecule has 0 saturated carbocycles. The maximum Gasteiger partial charge on any atom is 0.231 e. The van der Waals surface area contributed by atoms with E-state index in [4.69, 9.17) is 14.4 Å². The molecule has 0 saturated heterocycles. The largest absolute Gasteiger partial charge is 0.438 e. The summed E-state index contributed by atoms with van der Waals surface area (Å²) in [5, 5.41) is 1.96. The molecule has 7 aromatic rings. The molecule has 0 unspecified atom stereocenters. The van der Waals surface area contributed by atoms with Crippen molar-refractivity contribution in [2.24, 2.45) is 0 Å². The molecule has 0 bridgehead atoms. The molecule has 0 aliphatic carbocycles. The van der Waals surface area contributed by atoms with Crippen LogP contribution in [0.25, 0.3) is 67.0 Å². The maximum atomic E-state index is 6.21. The average molecular weight is 475 g/mol. The minimum atomic E-state index is 0.599. The summed E-state index contributed by atoms with van der Waals surface area (Å²) in [6.07, 6.45) is 0. The average Bonchev–Trinajstić information content (AvgIpc) is 3.36. The first-order valence-electron chi connectivity index (χ1n) is 12.3. The number of furan rings is 1. The van der Waals surface area contributed by atoms with Crippen molar-refractivity contribution in [3.8, 4) is 44.9 Å². The Kier molecular flexibility index (Phi) is 5.11. The molecule has 0 fully saturated rings. The van der Waals surface area contributed by atoms with Crippen molar-refractivity contribution in [2.75, 3.05) is 0 Å². The zero-order valence-corrected chi connectivity index (χ0v) is 20.0. The van der Waals surface area contributed by atoms with Crippen molar-refractivity contribution < 1.29 is 4.42 Å². The fraction of sp³-hybridized carbons (Fsp3) is 0. The van der Waals surface area contributed by atoms with E-state index in [9.17, 15) is 0 Å². The van der Waals surface area contributed by atoms with Crippen LogP contribution in [0.15, 0.2) is 138 Å². The summed E-state index contributed by atoms with van der Waals surface area (Å²) in [6, 6.07) is 45.8. The van der Waals surface area contributed by atoms with E-state index in [1.54, 1.807) is 0 Å². The first-order valence-corrected chi connectivity index (χ1v) is 12.3. The Hall–Kier alpha value is -5.02. The number of hydrogen-bond donors (Lipinski definition) is 0. The van der Waals surface area contributed by atoms with Crippen LogP contribution in [0.2, 0.25) is 0 Å². The summed E-state index contributed by atoms with van der Waals surface area (Å²) in [4.78, 5) is 9.98. The highest BCUT2D eigenvalue weighted by Crippen LogP contribution is 2.37. The lowest BCUT2D eigenvalue weighted by Gasteiger charge is -2.09. The fourth-order valence-electron chi connectivity index (χ4n) is 4.90. The lowest BCUT2D eigenvalue weighted by molar-refractivity contribution is 0.653. The van der Waals surface area contributed by atoms with E-state index in [-0.39, 0.29) is 0 Å². The lowest BCUT2D eigenvalue weighted by atomic mass is 9.98. The molecule has 2 heterocycles. The third-order valence-electron chi connectivity index (χ3n) is 6.71. The molecule has 0 amide bonds. The molecule has 7 rings (SSSR count). The standard InChI is InChI=1S/C34H22N2O/c1-3-11-23(12-4-1)25-15-9-16-26(21-25)27-17-10-18-28(22-27)33-35-32(24-13-5-2-6-14-24)31-29-19-7-8-20-30(29)37-34(31)36-33/h1-22H. The van der Waals surface area contributed by atoms with Gasteiger partial charge in [-0.25, -0.2) is 4.98 Å². The number of hydrogen-bond acceptors (Lipinski definition) is 3. The van der Waals surface area contributed by atoms with Gasteiger partial charge in [0.15, 0.2) is 5.82 Å². The molecule has 174 valence electrons. The molecule has 3 nitrogen and oxygen atoms in total. The number of nitrogens with zero attached hydrogens (tertiary/aromatic N) is 2. The van der Waals surface area contributed by atoms with Crippen molar-refractivity contribution in [2.45, 2.75) is 0 Å². The molecule has 0 spiro atoms. The molecular formula is C34H22N2O. The smallest absolute Gasteiger partial charge is 0.231 e. The Morgan fingerprint density at radius 1 is 0.432 bits per heavy atom. The van der Waals surface area contributed by atoms with Gasteiger partial charge in [0.2, 0.25) is 5.71 Å². The molecule has 0 atom stereocenters. The van der Waals surface area contributed by atoms with Gasteiger partial charge < -0.3 is 4.42 Å². The summed E-state index contributed by atoms with van der Waals surface area (Å²) < 4.78 is 6.21. The predicted molar refractivity (Wildman–Crippen MR) is 151 cm³/mol. The van der Waals surface area contributed by atoms with Crippen LogP contribution in [0.1, 0.15) is 0 Å². The van der Waals surface area contributed by atoms with Gasteiger partial charge in [0.1, 0.15) is 5.58 Å². The molecule has 5 aromatic carbocycles. The van der Waals surface area contributed by atoms with Gasteiger partial charge in [-0.15, -0.1) is 0 Å². The van der Waals surface area contributed by atoms with E-state index in [1.165, 1.54) is 11.1 Å². The van der Waals surface area contributed by atoms with Crippen LogP contribution >= 0.6 is 0 Å². The van der Waals surface area contributed by atoms with E-state index >= 15 is 0 Å². The van der Waals surface area contributed by atoms with E-state index in [0.29, 0.717) is 11.5 Å². The highest BCUT2D eigenvalue weighted by atomic mass is 16.3. The van der Waals surface area contributed by atoms with Crippen molar-refractivity contribution in [3.05, 3.63) is 133 Å². The summed E-state index contributed by atoms with van der Waals surface area (Å²) in [5.74, 6) is 0.645. The lowest BCUT2D eigenvalue weighted by Crippen LogP contribution is -1.94. The topological polar surface area (TPSA) is 38.9 Å². The zero-order valence-electron chi connectivity index (χ0n) is 20.0. The van der Waals surface area contributed by atoms with E-state index in [1.807, 2.05) is 42.5 Å². The molecule has 0 N–H and O–H groups in total. The Bertz CT molecular complexity index is 1870. The monoisotopic (exact) mass is 474 g/mol. The minimum absolute atomic E-state index is 0.599. The van der Waals surface area contributed by atoms with Gasteiger partial charge in [-0.05, 0) is 40.5 Å². The Morgan fingerprint density at radius 2 is 0.973 bits per heavy atom. The predicted octanol–water partition coefficient (Wildman–Crippen LogP) is 9.04. The number of rotatable bonds is 4. The van der Waals surface area contributed by atoms with Crippen LogP contribution < -0.4 is 0 Å². The third-order valence-corrected chi connectivity index (χ3v) is 6.71. The fourth-order valence-corrected chi connectivity index (χ4v) is 4.90. The zero-order chi connectivity index (χ0) is 24.6. The first-order chi connectivity index (χ1) is 18.3. The van der Waals surface area contributed by atoms with Crippen LogP contribution in [-0.2, 0) is 0 Å². The van der Waals surface area contributed by atoms with Gasteiger partial charge >= 0.3 is 0 Å². The van der Waals surface area contributed by atoms with E-state index < -0.39 is 0 Å². The molecule has 0 radical (unpaired) electrons. The highest BCUT2D eigenvalue weighted by molar-refractivity contribution is 6.10. The summed E-state index contributed by atoms with van der Waals surface area (Å²) in [6.45, 7) is 0. The van der Waals surface area contributed by atoms with E-state index in [0.717, 1.165) is 44.3 Å². The molecule has 0 aliphatic rings. The van der Waals surface area contributed by atoms with Gasteiger partial charge in [-0.3, -0.25) is 0 Å². The Labute approximate surface area is 214 Å². The first kappa shape index (κ1) is 21.3. The van der Waals surface area contributed by atoms with Gasteiger partial charge in [0.05, 0.1) is 11.1 Å². The van der Waals surface area contributed by atoms with Gasteiger partial charge in [-0.2, -0.15) is 4.98 Å². The molecular weight excluding hydrogens is 452 g/mol. The molecule has 0 aliphatic heterocycles. The number of benzene rings is 5. The van der Waals surface area contributed by atoms with Gasteiger partial charge in [0, 0.05) is 16.5 Å². The van der Waals surface area contributed by atoms with Crippen molar-refractivity contribution in [1.82, 2.24) is 9.97 Å². The molecule has 37 heavy (non-hydrogen) atoms. The van der Waals surface area contributed by atoms with Crippen LogP contribution in [0.5, 0.6) is 0 Å². The quantitative estimate of drug-likeness (QED) is 0.255. The van der Waals surface area contributed by atoms with Crippen molar-refractivity contribution in [1.29, 1.82) is 0 Å². The SMILES string of the molecule is c1ccc(-c2cccc(-c3cccc(-c4nc(-c5ccccc5)c5c(n4)oc4ccccc45)c3)c2)cc1. The second-order valence-electron chi connectivity index (χ2n) is 9.07. The second kappa shape index (κ2) is 8.89. The van der Waals surface area contributed by atoms with Crippen LogP contribution in [-0.4, -0.2) is 9.97 Å². The normalized spacial score (nSPS) is 11.2. The highest BCUT2D eigenvalue weighted by Gasteiger charge is 2.18. The van der Waals surface area contributed by atoms with Crippen molar-refractivity contribution in [3.63, 3.8) is 0 Å². The van der Waals surface area contributed by atoms with Crippen molar-refractivity contribution >= 4 is 22.1 Å². The number of para-hydroxylation sites is 1. The van der Waals surface area contributed by atoms with Crippen LogP contribution in [0.3, 0.4) is 0 Å². The summed E-state index contributed by atoms with van der Waals surface area (Å²) >= 11 is 0. The number of aromatic nitrogens is 2. The summed E-state index contributed by atoms with van der Waals surface area (Å²) in [5.41, 5.74) is 8.93. The maximum absolute atomic E-state index is 6.21. The second-order valence-corrected chi connectivity index (χ2v) is 9.07. The van der Waals surface area contributed by atoms with Gasteiger partial charge in [-0.1, -0.05) is 115 Å². The minimum Gasteiger partial charge on any atom is -0.438 e. The Morgan fingerprint density at radius 3 is 1.70 bits per heavy atom. The molecule has 3 heteroatoms. The molecule has 2 aromatic heterocycles. The Balaban J connectivity index is 1.39. The van der Waals surface area contributed by atoms with E-state index in [2.05, 4.69) is 91.0 Å². The van der Waals surface area contributed by atoms with Gasteiger partial charge in [0.25, 0.3) is 0 Å². The van der Waals surface area contributed by atoms with Crippen LogP contribution in [0, 0.1) is 0 Å².